The highest BCUT2D eigenvalue weighted by Crippen LogP contribution is 1.99. The van der Waals surface area contributed by atoms with Gasteiger partial charge in [0.2, 0.25) is 5.91 Å². The molecule has 0 saturated carbocycles. The van der Waals surface area contributed by atoms with Crippen LogP contribution >= 0.6 is 0 Å². The maximum Gasteiger partial charge on any atom is 0.326 e. The highest BCUT2D eigenvalue weighted by Gasteiger charge is 2.20. The van der Waals surface area contributed by atoms with Crippen molar-refractivity contribution in [1.82, 2.24) is 20.6 Å². The van der Waals surface area contributed by atoms with Crippen molar-refractivity contribution in [2.45, 2.75) is 46.6 Å². The van der Waals surface area contributed by atoms with Gasteiger partial charge in [-0.15, -0.1) is 0 Å². The van der Waals surface area contributed by atoms with Gasteiger partial charge in [0.15, 0.2) is 0 Å². The molecule has 7 heteroatoms. The molecule has 1 rings (SSSR count). The second-order valence-corrected chi connectivity index (χ2v) is 3.59. The summed E-state index contributed by atoms with van der Waals surface area (Å²) in [6.07, 6.45) is 3.46. The van der Waals surface area contributed by atoms with Gasteiger partial charge in [-0.2, -0.15) is 0 Å². The molecule has 0 aromatic carbocycles. The summed E-state index contributed by atoms with van der Waals surface area (Å²) in [5.41, 5.74) is 0.673. The van der Waals surface area contributed by atoms with Gasteiger partial charge in [0.25, 0.3) is 0 Å². The fourth-order valence-corrected chi connectivity index (χ4v) is 1.32. The van der Waals surface area contributed by atoms with E-state index in [2.05, 4.69) is 20.6 Å². The largest absolute Gasteiger partial charge is 0.480 e. The number of aromatic amines is 1. The van der Waals surface area contributed by atoms with Gasteiger partial charge in [-0.1, -0.05) is 27.7 Å². The summed E-state index contributed by atoms with van der Waals surface area (Å²) in [6, 6.07) is -0.931. The van der Waals surface area contributed by atoms with Gasteiger partial charge in [0.05, 0.1) is 6.33 Å². The number of aromatic nitrogens is 2. The maximum absolute atomic E-state index is 11.4. The number of carboxylic acid groups (broad SMARTS) is 1. The molecule has 0 unspecified atom stereocenters. The fourth-order valence-electron chi connectivity index (χ4n) is 1.32. The second kappa shape index (κ2) is 14.5. The van der Waals surface area contributed by atoms with Crippen molar-refractivity contribution in [3.05, 3.63) is 18.2 Å². The van der Waals surface area contributed by atoms with Crippen LogP contribution in [0, 0.1) is 0 Å². The average Bonchev–Trinajstić information content (AvgIpc) is 3.01. The monoisotopic (exact) mass is 300 g/mol. The van der Waals surface area contributed by atoms with Crippen molar-refractivity contribution >= 4 is 11.9 Å². The molecule has 0 saturated heterocycles. The van der Waals surface area contributed by atoms with E-state index in [9.17, 15) is 9.59 Å². The third-order valence-electron chi connectivity index (χ3n) is 2.21. The smallest absolute Gasteiger partial charge is 0.326 e. The number of nitrogens with one attached hydrogen (secondary N) is 3. The number of H-pyrrole nitrogens is 1. The molecule has 1 aromatic rings. The maximum atomic E-state index is 11.4. The molecular formula is C14H28N4O3. The van der Waals surface area contributed by atoms with E-state index < -0.39 is 12.0 Å². The third kappa shape index (κ3) is 10.5. The number of hydrogen-bond donors (Lipinski definition) is 4. The Kier molecular flexibility index (Phi) is 14.8. The molecule has 21 heavy (non-hydrogen) atoms. The molecule has 0 bridgehead atoms. The van der Waals surface area contributed by atoms with Crippen LogP contribution in [0.3, 0.4) is 0 Å². The van der Waals surface area contributed by atoms with E-state index in [4.69, 9.17) is 5.11 Å². The van der Waals surface area contributed by atoms with Crippen LogP contribution in [0.5, 0.6) is 0 Å². The highest BCUT2D eigenvalue weighted by molar-refractivity contribution is 5.83. The normalized spacial score (nSPS) is 10.3. The van der Waals surface area contributed by atoms with Gasteiger partial charge >= 0.3 is 5.97 Å². The first-order valence-corrected chi connectivity index (χ1v) is 7.27. The SMILES string of the molecule is CC.CC.CNCCC(=O)N[C@@H](Cc1cnc[nH]1)C(=O)O. The Labute approximate surface area is 126 Å². The van der Waals surface area contributed by atoms with E-state index in [1.807, 2.05) is 27.7 Å². The number of carbonyl (C=O) groups excluding carboxylic acids is 1. The number of amides is 1. The fraction of sp³-hybridized carbons (Fsp3) is 0.643. The van der Waals surface area contributed by atoms with E-state index in [1.165, 1.54) is 12.5 Å². The number of nitrogens with zero attached hydrogens (tertiary/aromatic N) is 1. The number of hydrogen-bond acceptors (Lipinski definition) is 4. The van der Waals surface area contributed by atoms with Gasteiger partial charge in [-0.25, -0.2) is 9.78 Å². The minimum atomic E-state index is -1.06. The molecule has 1 heterocycles. The Hall–Kier alpha value is -1.89. The van der Waals surface area contributed by atoms with Crippen molar-refractivity contribution in [3.8, 4) is 0 Å². The van der Waals surface area contributed by atoms with Crippen LogP contribution < -0.4 is 10.6 Å². The molecule has 0 aliphatic carbocycles. The van der Waals surface area contributed by atoms with Gasteiger partial charge < -0.3 is 20.7 Å². The number of aliphatic carboxylic acids is 1. The first-order valence-electron chi connectivity index (χ1n) is 7.27. The molecule has 4 N–H and O–H groups in total. The van der Waals surface area contributed by atoms with E-state index in [0.717, 1.165) is 0 Å². The quantitative estimate of drug-likeness (QED) is 0.605. The summed E-state index contributed by atoms with van der Waals surface area (Å²) >= 11 is 0. The number of rotatable bonds is 7. The van der Waals surface area contributed by atoms with Gasteiger partial charge in [0.1, 0.15) is 6.04 Å². The van der Waals surface area contributed by atoms with Crippen LogP contribution in [-0.2, 0) is 16.0 Å². The lowest BCUT2D eigenvalue weighted by atomic mass is 10.1. The summed E-state index contributed by atoms with van der Waals surface area (Å²) in [6.45, 7) is 8.52. The average molecular weight is 300 g/mol. The van der Waals surface area contributed by atoms with Crippen molar-refractivity contribution in [1.29, 1.82) is 0 Å². The first kappa shape index (κ1) is 21.4. The van der Waals surface area contributed by atoms with Crippen LogP contribution in [0.15, 0.2) is 12.5 Å². The summed E-state index contributed by atoms with van der Waals surface area (Å²) in [7, 11) is 1.73. The van der Waals surface area contributed by atoms with Gasteiger partial charge in [0, 0.05) is 31.3 Å². The summed E-state index contributed by atoms with van der Waals surface area (Å²) in [4.78, 5) is 29.0. The zero-order chi connectivity index (χ0) is 16.7. The predicted octanol–water partition coefficient (Wildman–Crippen LogP) is 1.18. The Morgan fingerprint density at radius 2 is 1.95 bits per heavy atom. The van der Waals surface area contributed by atoms with Crippen molar-refractivity contribution in [3.63, 3.8) is 0 Å². The second-order valence-electron chi connectivity index (χ2n) is 3.59. The Morgan fingerprint density at radius 1 is 1.33 bits per heavy atom. The molecule has 0 spiro atoms. The Balaban J connectivity index is 0. The molecular weight excluding hydrogens is 272 g/mol. The Morgan fingerprint density at radius 3 is 2.38 bits per heavy atom. The molecule has 0 aliphatic rings. The van der Waals surface area contributed by atoms with Gasteiger partial charge in [-0.05, 0) is 7.05 Å². The zero-order valence-electron chi connectivity index (χ0n) is 13.6. The first-order chi connectivity index (χ1) is 10.1. The molecule has 1 aromatic heterocycles. The van der Waals surface area contributed by atoms with E-state index in [1.54, 1.807) is 7.05 Å². The Bertz CT molecular complexity index is 366. The lowest BCUT2D eigenvalue weighted by Gasteiger charge is -2.13. The summed E-state index contributed by atoms with van der Waals surface area (Å²) in [5.74, 6) is -1.34. The number of carboxylic acids is 1. The van der Waals surface area contributed by atoms with Crippen molar-refractivity contribution < 1.29 is 14.7 Å². The summed E-state index contributed by atoms with van der Waals surface area (Å²) < 4.78 is 0. The topological polar surface area (TPSA) is 107 Å². The highest BCUT2D eigenvalue weighted by atomic mass is 16.4. The molecule has 0 radical (unpaired) electrons. The number of imidazole rings is 1. The molecule has 0 aliphatic heterocycles. The molecule has 122 valence electrons. The van der Waals surface area contributed by atoms with Crippen LogP contribution in [0.1, 0.15) is 39.8 Å². The van der Waals surface area contributed by atoms with Crippen molar-refractivity contribution in [2.75, 3.05) is 13.6 Å². The van der Waals surface area contributed by atoms with Crippen LogP contribution in [-0.4, -0.2) is 46.6 Å². The van der Waals surface area contributed by atoms with Crippen LogP contribution in [0.2, 0.25) is 0 Å². The minimum absolute atomic E-state index is 0.195. The zero-order valence-corrected chi connectivity index (χ0v) is 13.6. The van der Waals surface area contributed by atoms with E-state index in [0.29, 0.717) is 12.2 Å². The lowest BCUT2D eigenvalue weighted by molar-refractivity contribution is -0.141. The minimum Gasteiger partial charge on any atom is -0.480 e. The van der Waals surface area contributed by atoms with Crippen molar-refractivity contribution in [2.24, 2.45) is 0 Å². The van der Waals surface area contributed by atoms with E-state index >= 15 is 0 Å². The van der Waals surface area contributed by atoms with E-state index in [-0.39, 0.29) is 18.7 Å². The molecule has 7 nitrogen and oxygen atoms in total. The number of carbonyl (C=O) groups is 2. The standard InChI is InChI=1S/C10H16N4O3.2C2H6/c1-11-3-2-9(15)14-8(10(16)17)4-7-5-12-6-13-7;2*1-2/h5-6,8,11H,2-4H2,1H3,(H,12,13)(H,14,15)(H,16,17);2*1-2H3/t8-;;/m0../s1. The van der Waals surface area contributed by atoms with Crippen LogP contribution in [0.4, 0.5) is 0 Å². The van der Waals surface area contributed by atoms with Crippen LogP contribution in [0.25, 0.3) is 0 Å². The third-order valence-corrected chi connectivity index (χ3v) is 2.21. The molecule has 1 atom stereocenters. The predicted molar refractivity (Wildman–Crippen MR) is 83.1 cm³/mol. The van der Waals surface area contributed by atoms with Gasteiger partial charge in [-0.3, -0.25) is 4.79 Å². The summed E-state index contributed by atoms with van der Waals surface area (Å²) in [5, 5.41) is 14.3. The molecule has 0 fully saturated rings. The lowest BCUT2D eigenvalue weighted by Crippen LogP contribution is -2.43. The molecule has 1 amide bonds.